The molecule has 0 aliphatic heterocycles. The van der Waals surface area contributed by atoms with E-state index < -0.39 is 6.09 Å². The maximum atomic E-state index is 10.2. The van der Waals surface area contributed by atoms with Gasteiger partial charge in [-0.15, -0.1) is 0 Å². The van der Waals surface area contributed by atoms with Crippen LogP contribution >= 0.6 is 22.6 Å². The van der Waals surface area contributed by atoms with Gasteiger partial charge in [0.05, 0.1) is 6.20 Å². The first-order valence-corrected chi connectivity index (χ1v) is 3.84. The number of carbonyl (C=O) groups excluding carboxylic acids is 1. The number of hydrogen-bond donors (Lipinski definition) is 1. The Morgan fingerprint density at radius 2 is 2.36 bits per heavy atom. The van der Waals surface area contributed by atoms with Crippen LogP contribution in [0.1, 0.15) is 0 Å². The molecule has 0 unspecified atom stereocenters. The van der Waals surface area contributed by atoms with Crippen molar-refractivity contribution in [3.63, 3.8) is 0 Å². The molecule has 1 heterocycles. The molecule has 0 saturated heterocycles. The molecule has 1 amide bonds. The number of primary amides is 1. The first-order chi connectivity index (χ1) is 5.18. The predicted octanol–water partition coefficient (Wildman–Crippen LogP) is 1.14. The molecule has 58 valence electrons. The summed E-state index contributed by atoms with van der Waals surface area (Å²) in [5.74, 6) is 0.365. The number of nitrogens with zero attached hydrogens (tertiary/aromatic N) is 1. The van der Waals surface area contributed by atoms with E-state index in [2.05, 4.69) is 32.3 Å². The van der Waals surface area contributed by atoms with Crippen LogP contribution in [0.4, 0.5) is 4.79 Å². The van der Waals surface area contributed by atoms with Crippen molar-refractivity contribution in [2.45, 2.75) is 0 Å². The Morgan fingerprint density at radius 1 is 1.64 bits per heavy atom. The van der Waals surface area contributed by atoms with Gasteiger partial charge in [0.2, 0.25) is 0 Å². The molecule has 11 heavy (non-hydrogen) atoms. The second-order valence-corrected chi connectivity index (χ2v) is 3.01. The Hall–Kier alpha value is -0.850. The maximum absolute atomic E-state index is 10.2. The molecule has 1 aromatic heterocycles. The van der Waals surface area contributed by atoms with Crippen molar-refractivity contribution in [2.24, 2.45) is 5.73 Å². The van der Waals surface area contributed by atoms with Gasteiger partial charge in [-0.25, -0.2) is 4.79 Å². The van der Waals surface area contributed by atoms with Crippen LogP contribution in [0.3, 0.4) is 0 Å². The van der Waals surface area contributed by atoms with Gasteiger partial charge in [0.25, 0.3) is 0 Å². The smallest absolute Gasteiger partial charge is 0.409 e. The van der Waals surface area contributed by atoms with Gasteiger partial charge >= 0.3 is 6.09 Å². The van der Waals surface area contributed by atoms with Crippen LogP contribution < -0.4 is 10.5 Å². The topological polar surface area (TPSA) is 65.2 Å². The van der Waals surface area contributed by atoms with Crippen molar-refractivity contribution in [1.82, 2.24) is 4.98 Å². The van der Waals surface area contributed by atoms with Crippen molar-refractivity contribution in [2.75, 3.05) is 0 Å². The van der Waals surface area contributed by atoms with Gasteiger partial charge < -0.3 is 10.5 Å². The third-order valence-electron chi connectivity index (χ3n) is 0.898. The highest BCUT2D eigenvalue weighted by Crippen LogP contribution is 2.12. The van der Waals surface area contributed by atoms with Crippen LogP contribution in [-0.2, 0) is 0 Å². The molecule has 0 saturated carbocycles. The summed E-state index contributed by atoms with van der Waals surface area (Å²) in [6, 6.07) is 1.66. The lowest BCUT2D eigenvalue weighted by Crippen LogP contribution is -2.16. The Kier molecular flexibility index (Phi) is 2.64. The molecule has 0 radical (unpaired) electrons. The van der Waals surface area contributed by atoms with E-state index in [1.54, 1.807) is 12.3 Å². The highest BCUT2D eigenvalue weighted by Gasteiger charge is 1.98. The lowest BCUT2D eigenvalue weighted by molar-refractivity contribution is 0.210. The summed E-state index contributed by atoms with van der Waals surface area (Å²) in [4.78, 5) is 14.0. The fraction of sp³-hybridized carbons (Fsp3) is 0. The molecule has 0 fully saturated rings. The number of halogens is 1. The van der Waals surface area contributed by atoms with E-state index in [-0.39, 0.29) is 0 Å². The Morgan fingerprint density at radius 3 is 2.91 bits per heavy atom. The molecule has 0 aliphatic rings. The van der Waals surface area contributed by atoms with E-state index in [1.807, 2.05) is 0 Å². The zero-order chi connectivity index (χ0) is 8.27. The number of amides is 1. The summed E-state index contributed by atoms with van der Waals surface area (Å²) in [6.45, 7) is 0. The Labute approximate surface area is 76.9 Å². The van der Waals surface area contributed by atoms with Crippen LogP contribution in [0.15, 0.2) is 18.5 Å². The molecule has 0 bridgehead atoms. The zero-order valence-corrected chi connectivity index (χ0v) is 7.61. The summed E-state index contributed by atoms with van der Waals surface area (Å²) >= 11 is 2.06. The average molecular weight is 264 g/mol. The van der Waals surface area contributed by atoms with Gasteiger partial charge in [-0.05, 0) is 28.7 Å². The number of aromatic nitrogens is 1. The number of carbonyl (C=O) groups is 1. The fourth-order valence-electron chi connectivity index (χ4n) is 0.564. The van der Waals surface area contributed by atoms with Crippen LogP contribution in [0.25, 0.3) is 0 Å². The lowest BCUT2D eigenvalue weighted by Gasteiger charge is -1.98. The maximum Gasteiger partial charge on any atom is 0.410 e. The minimum absolute atomic E-state index is 0.365. The van der Waals surface area contributed by atoms with Crippen LogP contribution in [0.2, 0.25) is 0 Å². The molecule has 0 spiro atoms. The third-order valence-corrected chi connectivity index (χ3v) is 1.49. The quantitative estimate of drug-likeness (QED) is 0.773. The van der Waals surface area contributed by atoms with E-state index in [0.717, 1.165) is 3.57 Å². The summed E-state index contributed by atoms with van der Waals surface area (Å²) in [5, 5.41) is 0. The van der Waals surface area contributed by atoms with Gasteiger partial charge in [0, 0.05) is 9.77 Å². The molecule has 1 aromatic rings. The van der Waals surface area contributed by atoms with E-state index in [9.17, 15) is 4.79 Å². The second kappa shape index (κ2) is 3.51. The minimum Gasteiger partial charge on any atom is -0.409 e. The SMILES string of the molecule is NC(=O)Oc1cncc(I)c1. The van der Waals surface area contributed by atoms with Crippen LogP contribution in [0.5, 0.6) is 5.75 Å². The minimum atomic E-state index is -0.825. The van der Waals surface area contributed by atoms with Crippen molar-refractivity contribution < 1.29 is 9.53 Å². The summed E-state index contributed by atoms with van der Waals surface area (Å²) < 4.78 is 5.46. The van der Waals surface area contributed by atoms with Gasteiger partial charge in [0.15, 0.2) is 5.75 Å². The number of pyridine rings is 1. The fourth-order valence-corrected chi connectivity index (χ4v) is 1.03. The van der Waals surface area contributed by atoms with Crippen molar-refractivity contribution in [3.8, 4) is 5.75 Å². The standard InChI is InChI=1S/C6H5IN2O2/c7-4-1-5(3-9-2-4)11-6(8)10/h1-3H,(H2,8,10). The predicted molar refractivity (Wildman–Crippen MR) is 47.2 cm³/mol. The third kappa shape index (κ3) is 2.71. The zero-order valence-electron chi connectivity index (χ0n) is 5.45. The number of nitrogens with two attached hydrogens (primary N) is 1. The van der Waals surface area contributed by atoms with Crippen molar-refractivity contribution in [3.05, 3.63) is 22.0 Å². The highest BCUT2D eigenvalue weighted by atomic mass is 127. The van der Waals surface area contributed by atoms with Crippen molar-refractivity contribution in [1.29, 1.82) is 0 Å². The van der Waals surface area contributed by atoms with Gasteiger partial charge in [-0.1, -0.05) is 0 Å². The number of ether oxygens (including phenoxy) is 1. The molecular formula is C6H5IN2O2. The molecule has 0 aliphatic carbocycles. The van der Waals surface area contributed by atoms with E-state index >= 15 is 0 Å². The average Bonchev–Trinajstić information content (AvgIpc) is 1.85. The lowest BCUT2D eigenvalue weighted by atomic mass is 10.5. The van der Waals surface area contributed by atoms with Crippen LogP contribution in [0, 0.1) is 3.57 Å². The molecule has 5 heteroatoms. The van der Waals surface area contributed by atoms with E-state index in [1.165, 1.54) is 6.20 Å². The summed E-state index contributed by atoms with van der Waals surface area (Å²) in [6.07, 6.45) is 2.25. The monoisotopic (exact) mass is 264 g/mol. The first kappa shape index (κ1) is 8.25. The highest BCUT2D eigenvalue weighted by molar-refractivity contribution is 14.1. The molecule has 2 N–H and O–H groups in total. The van der Waals surface area contributed by atoms with E-state index in [4.69, 9.17) is 5.73 Å². The molecule has 4 nitrogen and oxygen atoms in total. The molecular weight excluding hydrogens is 259 g/mol. The molecule has 1 rings (SSSR count). The Balaban J connectivity index is 2.79. The van der Waals surface area contributed by atoms with Crippen LogP contribution in [-0.4, -0.2) is 11.1 Å². The number of hydrogen-bond acceptors (Lipinski definition) is 3. The summed E-state index contributed by atoms with van der Waals surface area (Å²) in [5.41, 5.74) is 4.78. The largest absolute Gasteiger partial charge is 0.410 e. The molecule has 0 aromatic carbocycles. The summed E-state index contributed by atoms with van der Waals surface area (Å²) in [7, 11) is 0. The van der Waals surface area contributed by atoms with Gasteiger partial charge in [0.1, 0.15) is 0 Å². The number of rotatable bonds is 1. The molecule has 0 atom stereocenters. The second-order valence-electron chi connectivity index (χ2n) is 1.76. The van der Waals surface area contributed by atoms with Crippen molar-refractivity contribution >= 4 is 28.7 Å². The van der Waals surface area contributed by atoms with E-state index in [0.29, 0.717) is 5.75 Å². The van der Waals surface area contributed by atoms with Gasteiger partial charge in [-0.3, -0.25) is 4.98 Å². The Bertz CT molecular complexity index is 277. The first-order valence-electron chi connectivity index (χ1n) is 2.76. The normalized spacial score (nSPS) is 9.18. The van der Waals surface area contributed by atoms with Gasteiger partial charge in [-0.2, -0.15) is 0 Å².